The Morgan fingerprint density at radius 2 is 2.04 bits per heavy atom. The first-order valence-corrected chi connectivity index (χ1v) is 11.1. The minimum absolute atomic E-state index is 0.0417. The zero-order valence-electron chi connectivity index (χ0n) is 18.3. The predicted octanol–water partition coefficient (Wildman–Crippen LogP) is 5.28. The van der Waals surface area contributed by atoms with Gasteiger partial charge in [0, 0.05) is 12.3 Å². The Hall–Kier alpha value is -1.22. The second kappa shape index (κ2) is 7.89. The van der Waals surface area contributed by atoms with Gasteiger partial charge in [0.1, 0.15) is 12.1 Å². The molecule has 2 fully saturated rings. The largest absolute Gasteiger partial charge is 0.389 e. The number of ketones is 1. The third-order valence-electron chi connectivity index (χ3n) is 8.24. The van der Waals surface area contributed by atoms with Gasteiger partial charge in [-0.15, -0.1) is 0 Å². The fourth-order valence-corrected chi connectivity index (χ4v) is 6.59. The first-order chi connectivity index (χ1) is 13.1. The van der Waals surface area contributed by atoms with Gasteiger partial charge in [-0.2, -0.15) is 0 Å². The Kier molecular flexibility index (Phi) is 6.06. The zero-order chi connectivity index (χ0) is 20.7. The van der Waals surface area contributed by atoms with Crippen molar-refractivity contribution in [1.29, 1.82) is 0 Å². The van der Waals surface area contributed by atoms with Gasteiger partial charge in [0.15, 0.2) is 0 Å². The van der Waals surface area contributed by atoms with E-state index < -0.39 is 11.5 Å². The number of allylic oxidation sites excluding steroid dienone is 4. The number of carbonyl (C=O) groups excluding carboxylic acids is 2. The van der Waals surface area contributed by atoms with Gasteiger partial charge in [0.05, 0.1) is 11.5 Å². The summed E-state index contributed by atoms with van der Waals surface area (Å²) in [5.74, 6) is 1.33. The normalized spacial score (nSPS) is 43.2. The maximum absolute atomic E-state index is 12.6. The van der Waals surface area contributed by atoms with Crippen LogP contribution in [0, 0.1) is 35.0 Å². The molecule has 3 rings (SSSR count). The van der Waals surface area contributed by atoms with E-state index in [1.165, 1.54) is 18.4 Å². The van der Waals surface area contributed by atoms with Crippen LogP contribution in [0.5, 0.6) is 0 Å². The van der Waals surface area contributed by atoms with Crippen molar-refractivity contribution in [1.82, 2.24) is 0 Å². The van der Waals surface area contributed by atoms with E-state index in [-0.39, 0.29) is 23.5 Å². The highest BCUT2D eigenvalue weighted by Gasteiger charge is 2.56. The first kappa shape index (κ1) is 21.5. The van der Waals surface area contributed by atoms with Crippen LogP contribution in [0.25, 0.3) is 0 Å². The summed E-state index contributed by atoms with van der Waals surface area (Å²) >= 11 is 0. The molecule has 0 aliphatic heterocycles. The van der Waals surface area contributed by atoms with Crippen LogP contribution < -0.4 is 0 Å². The van der Waals surface area contributed by atoms with E-state index in [9.17, 15) is 14.7 Å². The topological polar surface area (TPSA) is 54.4 Å². The summed E-state index contributed by atoms with van der Waals surface area (Å²) in [5, 5.41) is 11.0. The summed E-state index contributed by atoms with van der Waals surface area (Å²) in [6.45, 7) is 10.9. The number of Topliss-reactive ketones (excluding diaryl/α,β-unsaturated/α-hetero) is 1. The van der Waals surface area contributed by atoms with Crippen LogP contribution in [0.4, 0.5) is 0 Å². The molecule has 2 saturated carbocycles. The van der Waals surface area contributed by atoms with Crippen molar-refractivity contribution in [3.05, 3.63) is 23.3 Å². The van der Waals surface area contributed by atoms with Crippen molar-refractivity contribution in [2.45, 2.75) is 85.2 Å². The Labute approximate surface area is 170 Å². The summed E-state index contributed by atoms with van der Waals surface area (Å²) in [7, 11) is 0. The first-order valence-electron chi connectivity index (χ1n) is 11.1. The summed E-state index contributed by atoms with van der Waals surface area (Å²) in [6.07, 6.45) is 11.9. The molecule has 156 valence electrons. The Balaban J connectivity index is 1.87. The quantitative estimate of drug-likeness (QED) is 0.517. The van der Waals surface area contributed by atoms with Gasteiger partial charge < -0.3 is 5.11 Å². The average Bonchev–Trinajstić information content (AvgIpc) is 3.01. The molecule has 28 heavy (non-hydrogen) atoms. The molecule has 3 nitrogen and oxygen atoms in total. The average molecular weight is 387 g/mol. The van der Waals surface area contributed by atoms with Crippen LogP contribution in [0.2, 0.25) is 0 Å². The van der Waals surface area contributed by atoms with Gasteiger partial charge in [0.25, 0.3) is 0 Å². The van der Waals surface area contributed by atoms with Crippen LogP contribution in [-0.2, 0) is 9.59 Å². The maximum atomic E-state index is 12.6. The smallest absolute Gasteiger partial charge is 0.146 e. The molecule has 0 aromatic carbocycles. The molecule has 0 radical (unpaired) electrons. The molecule has 0 heterocycles. The predicted molar refractivity (Wildman–Crippen MR) is 113 cm³/mol. The van der Waals surface area contributed by atoms with Gasteiger partial charge in [-0.05, 0) is 88.0 Å². The van der Waals surface area contributed by atoms with E-state index in [1.807, 2.05) is 6.08 Å². The fraction of sp³-hybridized carbons (Fsp3) is 0.760. The number of carbonyl (C=O) groups is 2. The Morgan fingerprint density at radius 3 is 2.68 bits per heavy atom. The highest BCUT2D eigenvalue weighted by atomic mass is 16.3. The zero-order valence-corrected chi connectivity index (χ0v) is 18.3. The molecule has 3 heteroatoms. The standard InChI is InChI=1S/C25H38O3/c1-16(2)7-6-8-17(3)19-11-12-24(4)13-21-23(22(27)14-25(21,5)28)18(15-26)9-10-20(19)24/h7,9,15,17,19-21,23,28H,6,8,10-14H2,1-5H3/b18-9-/t17-,19+,20-,21-,23+,24+,25+/m0/s1. The Morgan fingerprint density at radius 1 is 1.32 bits per heavy atom. The van der Waals surface area contributed by atoms with Crippen LogP contribution in [0.1, 0.15) is 79.6 Å². The summed E-state index contributed by atoms with van der Waals surface area (Å²) in [6, 6.07) is 0. The minimum atomic E-state index is -0.998. The van der Waals surface area contributed by atoms with E-state index in [2.05, 4.69) is 33.8 Å². The van der Waals surface area contributed by atoms with Gasteiger partial charge >= 0.3 is 0 Å². The molecule has 0 saturated heterocycles. The van der Waals surface area contributed by atoms with Crippen molar-refractivity contribution in [2.24, 2.45) is 35.0 Å². The molecule has 7 atom stereocenters. The SMILES string of the molecule is CC(C)=CCC[C@H](C)[C@H]1CC[C@]2(C)C[C@H]3[C@H](C(=O)C[C@@]3(C)O)/C(C=O)=C\C[C@@H]12. The molecule has 1 N–H and O–H groups in total. The number of hydrogen-bond donors (Lipinski definition) is 1. The summed E-state index contributed by atoms with van der Waals surface area (Å²) in [4.78, 5) is 24.4. The van der Waals surface area contributed by atoms with Gasteiger partial charge in [-0.1, -0.05) is 31.6 Å². The second-order valence-corrected chi connectivity index (χ2v) is 10.6. The second-order valence-electron chi connectivity index (χ2n) is 10.6. The van der Waals surface area contributed by atoms with Crippen molar-refractivity contribution in [3.8, 4) is 0 Å². The number of aldehydes is 1. The highest BCUT2D eigenvalue weighted by Crippen LogP contribution is 2.59. The summed E-state index contributed by atoms with van der Waals surface area (Å²) < 4.78 is 0. The molecular weight excluding hydrogens is 348 g/mol. The molecule has 3 aliphatic rings. The van der Waals surface area contributed by atoms with Crippen molar-refractivity contribution in [2.75, 3.05) is 0 Å². The lowest BCUT2D eigenvalue weighted by Gasteiger charge is -2.42. The van der Waals surface area contributed by atoms with E-state index in [0.717, 1.165) is 32.0 Å². The van der Waals surface area contributed by atoms with Crippen LogP contribution in [0.15, 0.2) is 23.3 Å². The number of fused-ring (bicyclic) bond motifs is 2. The third kappa shape index (κ3) is 3.92. The molecule has 0 bridgehead atoms. The van der Waals surface area contributed by atoms with Gasteiger partial charge in [0.2, 0.25) is 0 Å². The van der Waals surface area contributed by atoms with Crippen LogP contribution in [-0.4, -0.2) is 22.8 Å². The lowest BCUT2D eigenvalue weighted by Crippen LogP contribution is -2.40. The monoisotopic (exact) mass is 386 g/mol. The Bertz CT molecular complexity index is 682. The van der Waals surface area contributed by atoms with Crippen molar-refractivity contribution >= 4 is 12.1 Å². The molecule has 0 amide bonds. The molecule has 0 aromatic rings. The molecule has 0 spiro atoms. The minimum Gasteiger partial charge on any atom is -0.389 e. The van der Waals surface area contributed by atoms with Crippen molar-refractivity contribution < 1.29 is 14.7 Å². The molecular formula is C25H38O3. The molecule has 0 aromatic heterocycles. The van der Waals surface area contributed by atoms with E-state index in [0.29, 0.717) is 23.3 Å². The highest BCUT2D eigenvalue weighted by molar-refractivity contribution is 5.94. The van der Waals surface area contributed by atoms with E-state index >= 15 is 0 Å². The lowest BCUT2D eigenvalue weighted by molar-refractivity contribution is -0.121. The number of hydrogen-bond acceptors (Lipinski definition) is 3. The van der Waals surface area contributed by atoms with Crippen molar-refractivity contribution in [3.63, 3.8) is 0 Å². The lowest BCUT2D eigenvalue weighted by atomic mass is 9.62. The van der Waals surface area contributed by atoms with Crippen LogP contribution in [0.3, 0.4) is 0 Å². The molecule has 3 aliphatic carbocycles. The summed E-state index contributed by atoms with van der Waals surface area (Å²) in [5.41, 5.74) is 1.14. The van der Waals surface area contributed by atoms with Gasteiger partial charge in [-0.3, -0.25) is 9.59 Å². The maximum Gasteiger partial charge on any atom is 0.146 e. The third-order valence-corrected chi connectivity index (χ3v) is 8.24. The number of rotatable bonds is 5. The van der Waals surface area contributed by atoms with Crippen LogP contribution >= 0.6 is 0 Å². The number of aliphatic hydroxyl groups is 1. The fourth-order valence-electron chi connectivity index (χ4n) is 6.59. The van der Waals surface area contributed by atoms with E-state index in [4.69, 9.17) is 0 Å². The van der Waals surface area contributed by atoms with E-state index in [1.54, 1.807) is 6.92 Å². The molecule has 0 unspecified atom stereocenters. The van der Waals surface area contributed by atoms with Gasteiger partial charge in [-0.25, -0.2) is 0 Å².